The van der Waals surface area contributed by atoms with Gasteiger partial charge in [-0.1, -0.05) is 13.0 Å². The van der Waals surface area contributed by atoms with E-state index < -0.39 is 0 Å². The molecule has 0 radical (unpaired) electrons. The van der Waals surface area contributed by atoms with Gasteiger partial charge in [0.15, 0.2) is 0 Å². The fraction of sp³-hybridized carbons (Fsp3) is 0.571. The van der Waals surface area contributed by atoms with E-state index in [4.69, 9.17) is 4.74 Å². The first kappa shape index (κ1) is 11.4. The Morgan fingerprint density at radius 3 is 3.06 bits per heavy atom. The summed E-state index contributed by atoms with van der Waals surface area (Å²) in [5, 5.41) is 3.76. The number of methoxy groups -OCH3 is 1. The van der Waals surface area contributed by atoms with Crippen molar-refractivity contribution in [1.82, 2.24) is 5.32 Å². The van der Waals surface area contributed by atoms with Gasteiger partial charge in [0.1, 0.15) is 5.75 Å². The second kappa shape index (κ2) is 4.21. The molecule has 1 aromatic carbocycles. The van der Waals surface area contributed by atoms with E-state index in [1.54, 1.807) is 7.11 Å². The summed E-state index contributed by atoms with van der Waals surface area (Å²) in [7, 11) is 1.74. The second-order valence-electron chi connectivity index (χ2n) is 5.15. The summed E-state index contributed by atoms with van der Waals surface area (Å²) in [5.74, 6) is 3.01. The van der Waals surface area contributed by atoms with Gasteiger partial charge >= 0.3 is 0 Å². The average molecular weight is 249 g/mol. The standard InChI is InChI=1S/C14H19NOS/c1-10-8-15-14(17-9-10)6-5-11-3-4-12(16-2)7-13(11)14/h3-4,7,10,15H,5-6,8-9H2,1-2H3. The first-order chi connectivity index (χ1) is 8.23. The molecule has 0 aromatic heterocycles. The summed E-state index contributed by atoms with van der Waals surface area (Å²) in [4.78, 5) is 0.163. The van der Waals surface area contributed by atoms with Crippen molar-refractivity contribution < 1.29 is 4.74 Å². The number of benzene rings is 1. The van der Waals surface area contributed by atoms with Gasteiger partial charge in [0.05, 0.1) is 12.0 Å². The summed E-state index contributed by atoms with van der Waals surface area (Å²) >= 11 is 2.08. The van der Waals surface area contributed by atoms with E-state index >= 15 is 0 Å². The molecular weight excluding hydrogens is 230 g/mol. The summed E-state index contributed by atoms with van der Waals surface area (Å²) in [6.45, 7) is 3.44. The van der Waals surface area contributed by atoms with Crippen LogP contribution in [0.2, 0.25) is 0 Å². The van der Waals surface area contributed by atoms with Gasteiger partial charge in [0.25, 0.3) is 0 Å². The third-order valence-corrected chi connectivity index (χ3v) is 5.65. The van der Waals surface area contributed by atoms with Crippen LogP contribution >= 0.6 is 11.8 Å². The van der Waals surface area contributed by atoms with Gasteiger partial charge in [0, 0.05) is 6.54 Å². The predicted octanol–water partition coefficient (Wildman–Crippen LogP) is 2.77. The van der Waals surface area contributed by atoms with Gasteiger partial charge < -0.3 is 4.74 Å². The van der Waals surface area contributed by atoms with Crippen molar-refractivity contribution in [3.8, 4) is 5.75 Å². The number of rotatable bonds is 1. The molecular formula is C14H19NOS. The lowest BCUT2D eigenvalue weighted by Crippen LogP contribution is -2.44. The number of hydrogen-bond donors (Lipinski definition) is 1. The van der Waals surface area contributed by atoms with Gasteiger partial charge in [-0.2, -0.15) is 0 Å². The molecule has 2 nitrogen and oxygen atoms in total. The van der Waals surface area contributed by atoms with E-state index in [1.165, 1.54) is 29.7 Å². The van der Waals surface area contributed by atoms with Crippen LogP contribution in [0.5, 0.6) is 5.75 Å². The number of hydrogen-bond acceptors (Lipinski definition) is 3. The molecule has 0 bridgehead atoms. The van der Waals surface area contributed by atoms with Crippen LogP contribution in [0.3, 0.4) is 0 Å². The Hall–Kier alpha value is -0.670. The summed E-state index contributed by atoms with van der Waals surface area (Å²) in [5.41, 5.74) is 2.94. The van der Waals surface area contributed by atoms with Gasteiger partial charge in [-0.05, 0) is 47.8 Å². The summed E-state index contributed by atoms with van der Waals surface area (Å²) in [6, 6.07) is 6.52. The lowest BCUT2D eigenvalue weighted by Gasteiger charge is -2.38. The molecule has 1 N–H and O–H groups in total. The van der Waals surface area contributed by atoms with Crippen molar-refractivity contribution >= 4 is 11.8 Å². The van der Waals surface area contributed by atoms with Crippen molar-refractivity contribution in [3.05, 3.63) is 29.3 Å². The number of fused-ring (bicyclic) bond motifs is 2. The van der Waals surface area contributed by atoms with Crippen LogP contribution in [-0.4, -0.2) is 19.4 Å². The van der Waals surface area contributed by atoms with Crippen molar-refractivity contribution in [1.29, 1.82) is 0 Å². The molecule has 2 aliphatic rings. The van der Waals surface area contributed by atoms with Crippen LogP contribution in [0.25, 0.3) is 0 Å². The Bertz CT molecular complexity index is 424. The molecule has 3 heteroatoms. The molecule has 0 amide bonds. The number of thioether (sulfide) groups is 1. The van der Waals surface area contributed by atoms with E-state index in [0.29, 0.717) is 0 Å². The maximum atomic E-state index is 5.36. The molecule has 1 aromatic rings. The number of nitrogens with one attached hydrogen (secondary N) is 1. The highest BCUT2D eigenvalue weighted by atomic mass is 32.2. The lowest BCUT2D eigenvalue weighted by atomic mass is 10.1. The zero-order valence-electron chi connectivity index (χ0n) is 10.5. The first-order valence-electron chi connectivity index (χ1n) is 6.30. The van der Waals surface area contributed by atoms with E-state index in [1.807, 2.05) is 0 Å². The van der Waals surface area contributed by atoms with Crippen LogP contribution in [0.4, 0.5) is 0 Å². The molecule has 0 saturated carbocycles. The van der Waals surface area contributed by atoms with E-state index in [0.717, 1.165) is 18.2 Å². The Balaban J connectivity index is 1.96. The number of aryl methyl sites for hydroxylation is 1. The Morgan fingerprint density at radius 1 is 1.47 bits per heavy atom. The van der Waals surface area contributed by atoms with Crippen molar-refractivity contribution in [2.45, 2.75) is 24.6 Å². The van der Waals surface area contributed by atoms with Crippen LogP contribution in [0.1, 0.15) is 24.5 Å². The molecule has 2 unspecified atom stereocenters. The van der Waals surface area contributed by atoms with Crippen molar-refractivity contribution in [2.75, 3.05) is 19.4 Å². The van der Waals surface area contributed by atoms with E-state index in [-0.39, 0.29) is 4.87 Å². The zero-order chi connectivity index (χ0) is 11.9. The third kappa shape index (κ3) is 1.85. The molecule has 1 aliphatic heterocycles. The smallest absolute Gasteiger partial charge is 0.119 e. The van der Waals surface area contributed by atoms with Crippen LogP contribution in [-0.2, 0) is 11.3 Å². The maximum absolute atomic E-state index is 5.36. The molecule has 1 aliphatic carbocycles. The third-order valence-electron chi connectivity index (χ3n) is 3.85. The molecule has 2 atom stereocenters. The highest BCUT2D eigenvalue weighted by Crippen LogP contribution is 2.48. The minimum Gasteiger partial charge on any atom is -0.497 e. The normalized spacial score (nSPS) is 31.5. The van der Waals surface area contributed by atoms with Gasteiger partial charge in [-0.25, -0.2) is 0 Å². The molecule has 3 rings (SSSR count). The molecule has 1 fully saturated rings. The Kier molecular flexibility index (Phi) is 2.83. The average Bonchev–Trinajstić information content (AvgIpc) is 2.72. The predicted molar refractivity (Wildman–Crippen MR) is 72.6 cm³/mol. The molecule has 17 heavy (non-hydrogen) atoms. The monoisotopic (exact) mass is 249 g/mol. The fourth-order valence-electron chi connectivity index (χ4n) is 2.79. The second-order valence-corrected chi connectivity index (χ2v) is 6.47. The molecule has 1 heterocycles. The van der Waals surface area contributed by atoms with E-state index in [2.05, 4.69) is 42.2 Å². The Morgan fingerprint density at radius 2 is 2.35 bits per heavy atom. The highest BCUT2D eigenvalue weighted by molar-refractivity contribution is 8.00. The van der Waals surface area contributed by atoms with Crippen LogP contribution < -0.4 is 10.1 Å². The number of ether oxygens (including phenoxy) is 1. The summed E-state index contributed by atoms with van der Waals surface area (Å²) < 4.78 is 5.36. The van der Waals surface area contributed by atoms with Crippen LogP contribution in [0.15, 0.2) is 18.2 Å². The molecule has 1 saturated heterocycles. The van der Waals surface area contributed by atoms with Gasteiger partial charge in [0.2, 0.25) is 0 Å². The van der Waals surface area contributed by atoms with Crippen molar-refractivity contribution in [3.63, 3.8) is 0 Å². The largest absolute Gasteiger partial charge is 0.497 e. The lowest BCUT2D eigenvalue weighted by molar-refractivity contribution is 0.404. The molecule has 92 valence electrons. The minimum atomic E-state index is 0.163. The van der Waals surface area contributed by atoms with Crippen LogP contribution in [0, 0.1) is 5.92 Å². The topological polar surface area (TPSA) is 21.3 Å². The maximum Gasteiger partial charge on any atom is 0.119 e. The summed E-state index contributed by atoms with van der Waals surface area (Å²) in [6.07, 6.45) is 2.40. The quantitative estimate of drug-likeness (QED) is 0.827. The zero-order valence-corrected chi connectivity index (χ0v) is 11.3. The SMILES string of the molecule is COc1ccc2c(c1)C1(CC2)NCC(C)CS1. The highest BCUT2D eigenvalue weighted by Gasteiger charge is 2.41. The first-order valence-corrected chi connectivity index (χ1v) is 7.28. The molecule has 1 spiro atoms. The Labute approximate surface area is 107 Å². The van der Waals surface area contributed by atoms with Gasteiger partial charge in [-0.15, -0.1) is 11.8 Å². The van der Waals surface area contributed by atoms with E-state index in [9.17, 15) is 0 Å². The van der Waals surface area contributed by atoms with Gasteiger partial charge in [-0.3, -0.25) is 5.32 Å². The minimum absolute atomic E-state index is 0.163. The van der Waals surface area contributed by atoms with Crippen molar-refractivity contribution in [2.24, 2.45) is 5.92 Å². The fourth-order valence-corrected chi connectivity index (χ4v) is 4.25.